The zero-order valence-corrected chi connectivity index (χ0v) is 15.3. The van der Waals surface area contributed by atoms with Crippen molar-refractivity contribution in [2.45, 2.75) is 20.3 Å². The molecule has 0 atom stereocenters. The largest absolute Gasteiger partial charge is 0.496 e. The Hall–Kier alpha value is -3.08. The van der Waals surface area contributed by atoms with E-state index in [9.17, 15) is 4.79 Å². The molecule has 2 aromatic carbocycles. The number of para-hydroxylation sites is 2. The highest BCUT2D eigenvalue weighted by atomic mass is 16.5. The fourth-order valence-corrected chi connectivity index (χ4v) is 2.79. The zero-order chi connectivity index (χ0) is 18.5. The van der Waals surface area contributed by atoms with Crippen LogP contribution in [0, 0.1) is 5.92 Å². The van der Waals surface area contributed by atoms with Crippen LogP contribution >= 0.6 is 0 Å². The van der Waals surface area contributed by atoms with Gasteiger partial charge in [-0.05, 0) is 30.2 Å². The molecule has 5 nitrogen and oxygen atoms in total. The smallest absolute Gasteiger partial charge is 0.225 e. The number of ether oxygens (including phenoxy) is 1. The molecule has 5 heteroatoms. The second-order valence-corrected chi connectivity index (χ2v) is 6.51. The van der Waals surface area contributed by atoms with Crippen molar-refractivity contribution in [3.8, 4) is 22.7 Å². The van der Waals surface area contributed by atoms with Crippen molar-refractivity contribution in [1.82, 2.24) is 9.78 Å². The Morgan fingerprint density at radius 2 is 1.81 bits per heavy atom. The maximum Gasteiger partial charge on any atom is 0.225 e. The van der Waals surface area contributed by atoms with Crippen molar-refractivity contribution < 1.29 is 9.53 Å². The molecule has 26 heavy (non-hydrogen) atoms. The van der Waals surface area contributed by atoms with Crippen LogP contribution in [-0.4, -0.2) is 22.8 Å². The third-order valence-corrected chi connectivity index (χ3v) is 3.95. The first-order chi connectivity index (χ1) is 12.6. The number of hydrogen-bond acceptors (Lipinski definition) is 3. The van der Waals surface area contributed by atoms with E-state index < -0.39 is 0 Å². The molecule has 0 radical (unpaired) electrons. The molecule has 0 unspecified atom stereocenters. The summed E-state index contributed by atoms with van der Waals surface area (Å²) in [5, 5.41) is 7.70. The van der Waals surface area contributed by atoms with E-state index in [2.05, 4.69) is 5.32 Å². The van der Waals surface area contributed by atoms with Crippen LogP contribution in [0.25, 0.3) is 16.9 Å². The summed E-state index contributed by atoms with van der Waals surface area (Å²) >= 11 is 0. The first kappa shape index (κ1) is 17.7. The number of amides is 1. The molecule has 0 spiro atoms. The average Bonchev–Trinajstić information content (AvgIpc) is 3.05. The number of methoxy groups -OCH3 is 1. The molecule has 0 aliphatic carbocycles. The lowest BCUT2D eigenvalue weighted by molar-refractivity contribution is -0.116. The molecule has 1 amide bonds. The van der Waals surface area contributed by atoms with Gasteiger partial charge in [-0.2, -0.15) is 5.10 Å². The highest BCUT2D eigenvalue weighted by Crippen LogP contribution is 2.31. The predicted molar refractivity (Wildman–Crippen MR) is 104 cm³/mol. The van der Waals surface area contributed by atoms with E-state index >= 15 is 0 Å². The van der Waals surface area contributed by atoms with Gasteiger partial charge in [-0.15, -0.1) is 0 Å². The van der Waals surface area contributed by atoms with Crippen LogP contribution in [-0.2, 0) is 4.79 Å². The lowest BCUT2D eigenvalue weighted by Gasteiger charge is -2.09. The van der Waals surface area contributed by atoms with Crippen LogP contribution in [0.3, 0.4) is 0 Å². The number of nitrogens with zero attached hydrogens (tertiary/aromatic N) is 2. The Morgan fingerprint density at radius 3 is 2.50 bits per heavy atom. The Labute approximate surface area is 153 Å². The SMILES string of the molecule is COc1ccccc1-c1cc(NC(=O)CC(C)C)n(-c2ccccc2)n1. The fraction of sp³-hybridized carbons (Fsp3) is 0.238. The second-order valence-electron chi connectivity index (χ2n) is 6.51. The molecule has 0 aliphatic heterocycles. The molecule has 3 rings (SSSR count). The van der Waals surface area contributed by atoms with Crippen LogP contribution in [0.5, 0.6) is 5.75 Å². The lowest BCUT2D eigenvalue weighted by Crippen LogP contribution is -2.16. The molecule has 0 fully saturated rings. The molecular weight excluding hydrogens is 326 g/mol. The van der Waals surface area contributed by atoms with Crippen molar-refractivity contribution in [1.29, 1.82) is 0 Å². The van der Waals surface area contributed by atoms with Crippen LogP contribution in [0.2, 0.25) is 0 Å². The normalized spacial score (nSPS) is 10.8. The predicted octanol–water partition coefficient (Wildman–Crippen LogP) is 4.53. The van der Waals surface area contributed by atoms with Gasteiger partial charge in [0.05, 0.1) is 18.5 Å². The third kappa shape index (κ3) is 3.94. The summed E-state index contributed by atoms with van der Waals surface area (Å²) in [5.41, 5.74) is 2.50. The van der Waals surface area contributed by atoms with Crippen molar-refractivity contribution in [3.63, 3.8) is 0 Å². The molecule has 134 valence electrons. The molecule has 3 aromatic rings. The summed E-state index contributed by atoms with van der Waals surface area (Å²) in [7, 11) is 1.64. The van der Waals surface area contributed by atoms with E-state index in [4.69, 9.17) is 9.84 Å². The Balaban J connectivity index is 2.04. The minimum absolute atomic E-state index is 0.0244. The zero-order valence-electron chi connectivity index (χ0n) is 15.3. The first-order valence-corrected chi connectivity index (χ1v) is 8.67. The van der Waals surface area contributed by atoms with Crippen molar-refractivity contribution in [2.75, 3.05) is 12.4 Å². The summed E-state index contributed by atoms with van der Waals surface area (Å²) < 4.78 is 7.20. The number of nitrogens with one attached hydrogen (secondary N) is 1. The number of benzene rings is 2. The number of carbonyl (C=O) groups is 1. The van der Waals surface area contributed by atoms with E-state index in [0.717, 1.165) is 22.7 Å². The van der Waals surface area contributed by atoms with Crippen molar-refractivity contribution >= 4 is 11.7 Å². The molecular formula is C21H23N3O2. The van der Waals surface area contributed by atoms with Crippen LogP contribution in [0.15, 0.2) is 60.7 Å². The van der Waals surface area contributed by atoms with E-state index in [1.807, 2.05) is 74.5 Å². The molecule has 0 aliphatic rings. The van der Waals surface area contributed by atoms with Gasteiger partial charge in [-0.25, -0.2) is 4.68 Å². The number of anilines is 1. The van der Waals surface area contributed by atoms with Gasteiger partial charge < -0.3 is 10.1 Å². The van der Waals surface area contributed by atoms with E-state index in [1.165, 1.54) is 0 Å². The number of hydrogen-bond donors (Lipinski definition) is 1. The van der Waals surface area contributed by atoms with E-state index in [-0.39, 0.29) is 11.8 Å². The van der Waals surface area contributed by atoms with Crippen LogP contribution in [0.4, 0.5) is 5.82 Å². The highest BCUT2D eigenvalue weighted by Gasteiger charge is 2.16. The Kier molecular flexibility index (Phi) is 5.37. The van der Waals surface area contributed by atoms with E-state index in [0.29, 0.717) is 12.2 Å². The Bertz CT molecular complexity index is 885. The number of aromatic nitrogens is 2. The quantitative estimate of drug-likeness (QED) is 0.711. The summed E-state index contributed by atoms with van der Waals surface area (Å²) in [6, 6.07) is 19.3. The molecule has 0 bridgehead atoms. The van der Waals surface area contributed by atoms with Gasteiger partial charge in [0.2, 0.25) is 5.91 Å². The van der Waals surface area contributed by atoms with Gasteiger partial charge in [-0.1, -0.05) is 44.2 Å². The van der Waals surface area contributed by atoms with Gasteiger partial charge in [0.15, 0.2) is 0 Å². The van der Waals surface area contributed by atoms with Gasteiger partial charge in [-0.3, -0.25) is 4.79 Å². The topological polar surface area (TPSA) is 56.1 Å². The van der Waals surface area contributed by atoms with Crippen LogP contribution in [0.1, 0.15) is 20.3 Å². The maximum atomic E-state index is 12.3. The fourth-order valence-electron chi connectivity index (χ4n) is 2.79. The molecule has 1 N–H and O–H groups in total. The van der Waals surface area contributed by atoms with Gasteiger partial charge in [0.25, 0.3) is 0 Å². The summed E-state index contributed by atoms with van der Waals surface area (Å²) in [6.07, 6.45) is 0.462. The molecule has 1 aromatic heterocycles. The standard InChI is InChI=1S/C21H23N3O2/c1-15(2)13-21(25)22-20-14-18(17-11-7-8-12-19(17)26-3)23-24(20)16-9-5-4-6-10-16/h4-12,14-15H,13H2,1-3H3,(H,22,25). The number of carbonyl (C=O) groups excluding carboxylic acids is 1. The minimum atomic E-state index is -0.0244. The van der Waals surface area contributed by atoms with Crippen molar-refractivity contribution in [3.05, 3.63) is 60.7 Å². The average molecular weight is 349 g/mol. The third-order valence-electron chi connectivity index (χ3n) is 3.95. The number of rotatable bonds is 6. The minimum Gasteiger partial charge on any atom is -0.496 e. The summed E-state index contributed by atoms with van der Waals surface area (Å²) in [4.78, 5) is 12.3. The maximum absolute atomic E-state index is 12.3. The van der Waals surface area contributed by atoms with E-state index in [1.54, 1.807) is 11.8 Å². The van der Waals surface area contributed by atoms with Gasteiger partial charge >= 0.3 is 0 Å². The second kappa shape index (κ2) is 7.87. The van der Waals surface area contributed by atoms with Crippen LogP contribution < -0.4 is 10.1 Å². The molecule has 1 heterocycles. The van der Waals surface area contributed by atoms with Crippen molar-refractivity contribution in [2.24, 2.45) is 5.92 Å². The van der Waals surface area contributed by atoms with Gasteiger partial charge in [0.1, 0.15) is 11.6 Å². The Morgan fingerprint density at radius 1 is 1.12 bits per heavy atom. The summed E-state index contributed by atoms with van der Waals surface area (Å²) in [5.74, 6) is 1.65. The monoisotopic (exact) mass is 349 g/mol. The summed E-state index contributed by atoms with van der Waals surface area (Å²) in [6.45, 7) is 4.04. The first-order valence-electron chi connectivity index (χ1n) is 8.67. The molecule has 0 saturated heterocycles. The van der Waals surface area contributed by atoms with Gasteiger partial charge in [0, 0.05) is 18.1 Å². The lowest BCUT2D eigenvalue weighted by atomic mass is 10.1. The molecule has 0 saturated carbocycles. The highest BCUT2D eigenvalue weighted by molar-refractivity contribution is 5.91.